The highest BCUT2D eigenvalue weighted by Gasteiger charge is 2.28. The van der Waals surface area contributed by atoms with Crippen molar-refractivity contribution in [3.63, 3.8) is 0 Å². The average molecular weight is 422 g/mol. The molecule has 3 aromatic rings. The van der Waals surface area contributed by atoms with Gasteiger partial charge in [-0.05, 0) is 58.9 Å². The maximum absolute atomic E-state index is 13.1. The van der Waals surface area contributed by atoms with Crippen LogP contribution in [0.2, 0.25) is 0 Å². The molecule has 0 aliphatic carbocycles. The Morgan fingerprint density at radius 3 is 2.55 bits per heavy atom. The molecule has 3 heterocycles. The molecule has 2 aromatic heterocycles. The van der Waals surface area contributed by atoms with Crippen LogP contribution in [0, 0.1) is 11.8 Å². The van der Waals surface area contributed by atoms with Crippen LogP contribution in [-0.4, -0.2) is 44.3 Å². The Morgan fingerprint density at radius 1 is 1.13 bits per heavy atom. The lowest BCUT2D eigenvalue weighted by molar-refractivity contribution is -0.126. The molecule has 0 saturated carbocycles. The summed E-state index contributed by atoms with van der Waals surface area (Å²) in [5.74, 6) is 1.34. The van der Waals surface area contributed by atoms with Crippen LogP contribution >= 0.6 is 0 Å². The summed E-state index contributed by atoms with van der Waals surface area (Å²) in [6.07, 6.45) is 3.84. The summed E-state index contributed by atoms with van der Waals surface area (Å²) < 4.78 is 1.44. The minimum absolute atomic E-state index is 0.0219. The first-order valence-electron chi connectivity index (χ1n) is 11.2. The van der Waals surface area contributed by atoms with Crippen LogP contribution in [0.1, 0.15) is 57.2 Å². The summed E-state index contributed by atoms with van der Waals surface area (Å²) in [4.78, 5) is 15.3. The minimum Gasteiger partial charge on any atom is -0.355 e. The lowest BCUT2D eigenvalue weighted by Crippen LogP contribution is -2.42. The highest BCUT2D eigenvalue weighted by atomic mass is 16.2. The molecular weight excluding hydrogens is 390 g/mol. The van der Waals surface area contributed by atoms with Crippen molar-refractivity contribution in [2.45, 2.75) is 52.5 Å². The molecule has 1 N–H and O–H groups in total. The Hall–Kier alpha value is -3.03. The van der Waals surface area contributed by atoms with E-state index in [0.29, 0.717) is 11.6 Å². The number of anilines is 1. The lowest BCUT2D eigenvalue weighted by atomic mass is 9.91. The predicted molar refractivity (Wildman–Crippen MR) is 120 cm³/mol. The van der Waals surface area contributed by atoms with Gasteiger partial charge in [-0.15, -0.1) is 14.8 Å². The maximum Gasteiger partial charge on any atom is 0.223 e. The predicted octanol–water partition coefficient (Wildman–Crippen LogP) is 3.20. The number of tetrazole rings is 1. The van der Waals surface area contributed by atoms with E-state index in [9.17, 15) is 4.79 Å². The number of hydrogen-bond donors (Lipinski definition) is 1. The van der Waals surface area contributed by atoms with Gasteiger partial charge in [0.25, 0.3) is 0 Å². The van der Waals surface area contributed by atoms with E-state index >= 15 is 0 Å². The van der Waals surface area contributed by atoms with E-state index in [-0.39, 0.29) is 17.9 Å². The van der Waals surface area contributed by atoms with Crippen LogP contribution in [-0.2, 0) is 11.2 Å². The summed E-state index contributed by atoms with van der Waals surface area (Å²) in [6, 6.07) is 12.5. The van der Waals surface area contributed by atoms with E-state index in [1.165, 1.54) is 15.8 Å². The molecule has 1 atom stereocenters. The molecule has 1 aliphatic rings. The van der Waals surface area contributed by atoms with E-state index in [1.807, 2.05) is 12.1 Å². The van der Waals surface area contributed by atoms with Gasteiger partial charge in [0.2, 0.25) is 5.91 Å². The fourth-order valence-electron chi connectivity index (χ4n) is 4.27. The number of piperidine rings is 1. The Labute approximate surface area is 183 Å². The summed E-state index contributed by atoms with van der Waals surface area (Å²) >= 11 is 0. The van der Waals surface area contributed by atoms with Gasteiger partial charge in [-0.3, -0.25) is 4.79 Å². The number of fused-ring (bicyclic) bond motifs is 1. The zero-order valence-electron chi connectivity index (χ0n) is 18.5. The number of benzene rings is 1. The van der Waals surface area contributed by atoms with Crippen molar-refractivity contribution in [1.82, 2.24) is 30.6 Å². The zero-order valence-corrected chi connectivity index (χ0v) is 18.5. The van der Waals surface area contributed by atoms with Crippen molar-refractivity contribution in [2.24, 2.45) is 11.8 Å². The zero-order chi connectivity index (χ0) is 21.8. The molecule has 0 bridgehead atoms. The number of nitrogens with one attached hydrogen (secondary N) is 1. The summed E-state index contributed by atoms with van der Waals surface area (Å²) in [5, 5.41) is 19.2. The third kappa shape index (κ3) is 4.84. The second-order valence-corrected chi connectivity index (χ2v) is 8.70. The largest absolute Gasteiger partial charge is 0.355 e. The number of aryl methyl sites for hydroxylation is 1. The van der Waals surface area contributed by atoms with Gasteiger partial charge in [-0.2, -0.15) is 0 Å². The summed E-state index contributed by atoms with van der Waals surface area (Å²) in [7, 11) is 0. The number of aromatic nitrogens is 5. The Bertz CT molecular complexity index is 1010. The number of amides is 1. The van der Waals surface area contributed by atoms with Crippen molar-refractivity contribution >= 4 is 17.4 Å². The molecule has 1 aliphatic heterocycles. The van der Waals surface area contributed by atoms with Crippen molar-refractivity contribution < 1.29 is 4.79 Å². The van der Waals surface area contributed by atoms with Gasteiger partial charge in [-0.1, -0.05) is 51.5 Å². The quantitative estimate of drug-likeness (QED) is 0.630. The molecular formula is C23H31N7O. The monoisotopic (exact) mass is 421 g/mol. The normalized spacial score (nSPS) is 16.1. The SMILES string of the molecule is CCCc1ccc(C(NC(=O)C2CCN(c3ccc4nnnn4n3)CC2)C(C)C)cc1. The van der Waals surface area contributed by atoms with E-state index in [0.717, 1.165) is 44.6 Å². The standard InChI is InChI=1S/C23H31N7O/c1-4-5-17-6-8-18(9-7-17)22(16(2)3)24-23(31)19-12-14-29(15-13-19)21-11-10-20-25-27-28-30(20)26-21/h6-11,16,19,22H,4-5,12-15H2,1-3H3,(H,24,31). The second kappa shape index (κ2) is 9.41. The molecule has 1 amide bonds. The first-order valence-corrected chi connectivity index (χ1v) is 11.2. The number of hydrogen-bond acceptors (Lipinski definition) is 6. The molecule has 4 rings (SSSR count). The average Bonchev–Trinajstić information content (AvgIpc) is 3.26. The van der Waals surface area contributed by atoms with Crippen molar-refractivity contribution in [3.05, 3.63) is 47.5 Å². The molecule has 31 heavy (non-hydrogen) atoms. The summed E-state index contributed by atoms with van der Waals surface area (Å²) in [5.41, 5.74) is 3.15. The Kier molecular flexibility index (Phi) is 6.44. The van der Waals surface area contributed by atoms with Gasteiger partial charge in [0.1, 0.15) is 0 Å². The first-order chi connectivity index (χ1) is 15.0. The molecule has 1 aromatic carbocycles. The van der Waals surface area contributed by atoms with Crippen LogP contribution in [0.25, 0.3) is 5.65 Å². The lowest BCUT2D eigenvalue weighted by Gasteiger charge is -2.33. The van der Waals surface area contributed by atoms with E-state index < -0.39 is 0 Å². The molecule has 1 fully saturated rings. The third-order valence-electron chi connectivity index (χ3n) is 6.09. The van der Waals surface area contributed by atoms with Crippen molar-refractivity contribution in [1.29, 1.82) is 0 Å². The van der Waals surface area contributed by atoms with Gasteiger partial charge < -0.3 is 10.2 Å². The maximum atomic E-state index is 13.1. The molecule has 8 nitrogen and oxygen atoms in total. The van der Waals surface area contributed by atoms with Gasteiger partial charge in [0.15, 0.2) is 11.5 Å². The smallest absolute Gasteiger partial charge is 0.223 e. The number of rotatable bonds is 7. The highest BCUT2D eigenvalue weighted by Crippen LogP contribution is 2.26. The van der Waals surface area contributed by atoms with Crippen molar-refractivity contribution in [3.8, 4) is 0 Å². The molecule has 8 heteroatoms. The van der Waals surface area contributed by atoms with Crippen LogP contribution in [0.3, 0.4) is 0 Å². The fourth-order valence-corrected chi connectivity index (χ4v) is 4.27. The second-order valence-electron chi connectivity index (χ2n) is 8.70. The van der Waals surface area contributed by atoms with Crippen LogP contribution in [0.5, 0.6) is 0 Å². The van der Waals surface area contributed by atoms with Gasteiger partial charge in [0.05, 0.1) is 6.04 Å². The Morgan fingerprint density at radius 2 is 1.87 bits per heavy atom. The highest BCUT2D eigenvalue weighted by molar-refractivity contribution is 5.79. The molecule has 1 unspecified atom stereocenters. The first kappa shape index (κ1) is 21.2. The number of nitrogens with zero attached hydrogens (tertiary/aromatic N) is 6. The van der Waals surface area contributed by atoms with Crippen LogP contribution < -0.4 is 10.2 Å². The number of carbonyl (C=O) groups is 1. The summed E-state index contributed by atoms with van der Waals surface area (Å²) in [6.45, 7) is 8.09. The third-order valence-corrected chi connectivity index (χ3v) is 6.09. The Balaban J connectivity index is 1.36. The van der Waals surface area contributed by atoms with E-state index in [2.05, 4.69) is 75.9 Å². The van der Waals surface area contributed by atoms with Gasteiger partial charge >= 0.3 is 0 Å². The van der Waals surface area contributed by atoms with E-state index in [1.54, 1.807) is 0 Å². The van der Waals surface area contributed by atoms with Crippen LogP contribution in [0.15, 0.2) is 36.4 Å². The van der Waals surface area contributed by atoms with Gasteiger partial charge in [0, 0.05) is 19.0 Å². The van der Waals surface area contributed by atoms with Crippen LogP contribution in [0.4, 0.5) is 5.82 Å². The van der Waals surface area contributed by atoms with Crippen molar-refractivity contribution in [2.75, 3.05) is 18.0 Å². The molecule has 1 saturated heterocycles. The topological polar surface area (TPSA) is 88.3 Å². The molecule has 164 valence electrons. The molecule has 0 spiro atoms. The number of carbonyl (C=O) groups excluding carboxylic acids is 1. The minimum atomic E-state index is 0.0219. The fraction of sp³-hybridized carbons (Fsp3) is 0.522. The van der Waals surface area contributed by atoms with E-state index in [4.69, 9.17) is 0 Å². The molecule has 0 radical (unpaired) electrons. The van der Waals surface area contributed by atoms with Gasteiger partial charge in [-0.25, -0.2) is 0 Å².